The molecule has 2 aromatic rings. The number of ketones is 1. The van der Waals surface area contributed by atoms with Crippen LogP contribution >= 0.6 is 15.9 Å². The molecule has 0 aliphatic heterocycles. The normalized spacial score (nSPS) is 10.2. The van der Waals surface area contributed by atoms with Crippen LogP contribution in [0.3, 0.4) is 0 Å². The topological polar surface area (TPSA) is 30.0 Å². The summed E-state index contributed by atoms with van der Waals surface area (Å²) in [7, 11) is 0. The van der Waals surface area contributed by atoms with Crippen molar-refractivity contribution < 1.29 is 9.18 Å². The molecule has 0 saturated carbocycles. The maximum atomic E-state index is 13.5. The molecule has 17 heavy (non-hydrogen) atoms. The number of Topliss-reactive ketones (excluding diaryl/α,β-unsaturated/α-hetero) is 1. The van der Waals surface area contributed by atoms with Crippen molar-refractivity contribution in [3.8, 4) is 0 Å². The van der Waals surface area contributed by atoms with Gasteiger partial charge in [0.15, 0.2) is 5.78 Å². The van der Waals surface area contributed by atoms with Crippen LogP contribution in [0.5, 0.6) is 0 Å². The number of hydrogen-bond donors (Lipinski definition) is 0. The summed E-state index contributed by atoms with van der Waals surface area (Å²) in [4.78, 5) is 15.7. The Kier molecular flexibility index (Phi) is 3.64. The lowest BCUT2D eigenvalue weighted by atomic mass is 10.0. The lowest BCUT2D eigenvalue weighted by Crippen LogP contribution is -2.05. The summed E-state index contributed by atoms with van der Waals surface area (Å²) in [6.45, 7) is 0. The maximum absolute atomic E-state index is 13.5. The molecular formula is C13H9BrFNO. The average Bonchev–Trinajstić information content (AvgIpc) is 2.34. The fourth-order valence-corrected chi connectivity index (χ4v) is 1.81. The standard InChI is InChI=1S/C13H9BrFNO/c14-11-2-1-10(12(15)8-11)7-13(17)9-3-5-16-6-4-9/h1-6,8H,7H2. The molecule has 1 aromatic heterocycles. The maximum Gasteiger partial charge on any atom is 0.167 e. The van der Waals surface area contributed by atoms with Crippen molar-refractivity contribution in [1.82, 2.24) is 4.98 Å². The molecule has 86 valence electrons. The first kappa shape index (κ1) is 11.9. The number of hydrogen-bond acceptors (Lipinski definition) is 2. The molecule has 0 unspecified atom stereocenters. The van der Waals surface area contributed by atoms with E-state index >= 15 is 0 Å². The highest BCUT2D eigenvalue weighted by molar-refractivity contribution is 9.10. The van der Waals surface area contributed by atoms with Gasteiger partial charge in [-0.3, -0.25) is 9.78 Å². The monoisotopic (exact) mass is 293 g/mol. The molecule has 1 aromatic carbocycles. The quantitative estimate of drug-likeness (QED) is 0.812. The Hall–Kier alpha value is -1.55. The van der Waals surface area contributed by atoms with Crippen molar-refractivity contribution in [1.29, 1.82) is 0 Å². The van der Waals surface area contributed by atoms with Gasteiger partial charge in [0.05, 0.1) is 0 Å². The third-order valence-corrected chi connectivity index (χ3v) is 2.86. The minimum Gasteiger partial charge on any atom is -0.294 e. The molecule has 0 aliphatic rings. The molecule has 0 atom stereocenters. The zero-order chi connectivity index (χ0) is 12.3. The summed E-state index contributed by atoms with van der Waals surface area (Å²) in [6, 6.07) is 7.93. The van der Waals surface area contributed by atoms with Crippen LogP contribution < -0.4 is 0 Å². The fraction of sp³-hybridized carbons (Fsp3) is 0.0769. The second-order valence-corrected chi connectivity index (χ2v) is 4.49. The van der Waals surface area contributed by atoms with Crippen molar-refractivity contribution >= 4 is 21.7 Å². The van der Waals surface area contributed by atoms with E-state index in [4.69, 9.17) is 0 Å². The van der Waals surface area contributed by atoms with E-state index in [1.54, 1.807) is 36.7 Å². The summed E-state index contributed by atoms with van der Waals surface area (Å²) in [5, 5.41) is 0. The second kappa shape index (κ2) is 5.19. The van der Waals surface area contributed by atoms with E-state index in [-0.39, 0.29) is 18.0 Å². The molecule has 2 nitrogen and oxygen atoms in total. The SMILES string of the molecule is O=C(Cc1ccc(Br)cc1F)c1ccncc1. The molecule has 2 rings (SSSR count). The van der Waals surface area contributed by atoms with Crippen LogP contribution in [0.4, 0.5) is 4.39 Å². The number of rotatable bonds is 3. The molecular weight excluding hydrogens is 285 g/mol. The lowest BCUT2D eigenvalue weighted by molar-refractivity contribution is 0.0991. The number of halogens is 2. The van der Waals surface area contributed by atoms with Gasteiger partial charge in [0, 0.05) is 28.9 Å². The van der Waals surface area contributed by atoms with Gasteiger partial charge in [0.25, 0.3) is 0 Å². The Morgan fingerprint density at radius 1 is 1.24 bits per heavy atom. The van der Waals surface area contributed by atoms with Crippen molar-refractivity contribution in [3.63, 3.8) is 0 Å². The summed E-state index contributed by atoms with van der Waals surface area (Å²) in [6.07, 6.45) is 3.15. The van der Waals surface area contributed by atoms with E-state index in [1.165, 1.54) is 6.07 Å². The van der Waals surface area contributed by atoms with Crippen molar-refractivity contribution in [2.24, 2.45) is 0 Å². The lowest BCUT2D eigenvalue weighted by Gasteiger charge is -2.03. The Morgan fingerprint density at radius 3 is 2.59 bits per heavy atom. The molecule has 0 saturated heterocycles. The second-order valence-electron chi connectivity index (χ2n) is 3.57. The van der Waals surface area contributed by atoms with Gasteiger partial charge in [-0.2, -0.15) is 0 Å². The Balaban J connectivity index is 2.19. The Morgan fingerprint density at radius 2 is 1.94 bits per heavy atom. The number of aromatic nitrogens is 1. The van der Waals surface area contributed by atoms with Gasteiger partial charge in [-0.1, -0.05) is 22.0 Å². The highest BCUT2D eigenvalue weighted by Crippen LogP contribution is 2.17. The van der Waals surface area contributed by atoms with Crippen molar-refractivity contribution in [2.45, 2.75) is 6.42 Å². The zero-order valence-electron chi connectivity index (χ0n) is 8.86. The average molecular weight is 294 g/mol. The molecule has 4 heteroatoms. The molecule has 0 bridgehead atoms. The van der Waals surface area contributed by atoms with Crippen molar-refractivity contribution in [3.05, 3.63) is 64.1 Å². The van der Waals surface area contributed by atoms with Crippen LogP contribution in [0, 0.1) is 5.82 Å². The minimum atomic E-state index is -0.373. The van der Waals surface area contributed by atoms with E-state index in [9.17, 15) is 9.18 Å². The van der Waals surface area contributed by atoms with Gasteiger partial charge >= 0.3 is 0 Å². The number of carbonyl (C=O) groups excluding carboxylic acids is 1. The summed E-state index contributed by atoms with van der Waals surface area (Å²) in [5.74, 6) is -0.490. The highest BCUT2D eigenvalue weighted by atomic mass is 79.9. The van der Waals surface area contributed by atoms with Crippen LogP contribution in [-0.4, -0.2) is 10.8 Å². The molecule has 0 N–H and O–H groups in total. The van der Waals surface area contributed by atoms with Crippen LogP contribution in [0.25, 0.3) is 0 Å². The van der Waals surface area contributed by atoms with E-state index in [0.29, 0.717) is 15.6 Å². The predicted octanol–water partition coefficient (Wildman–Crippen LogP) is 3.41. The molecule has 0 spiro atoms. The molecule has 0 radical (unpaired) electrons. The Bertz CT molecular complexity index is 542. The molecule has 1 heterocycles. The number of carbonyl (C=O) groups is 1. The third-order valence-electron chi connectivity index (χ3n) is 2.37. The smallest absolute Gasteiger partial charge is 0.167 e. The van der Waals surface area contributed by atoms with Gasteiger partial charge in [0.1, 0.15) is 5.82 Å². The molecule has 0 amide bonds. The van der Waals surface area contributed by atoms with E-state index < -0.39 is 0 Å². The van der Waals surface area contributed by atoms with Gasteiger partial charge in [-0.05, 0) is 29.8 Å². The zero-order valence-corrected chi connectivity index (χ0v) is 10.4. The first-order valence-electron chi connectivity index (χ1n) is 5.04. The van der Waals surface area contributed by atoms with Crippen LogP contribution in [0.2, 0.25) is 0 Å². The van der Waals surface area contributed by atoms with E-state index in [0.717, 1.165) is 0 Å². The van der Waals surface area contributed by atoms with Gasteiger partial charge in [0.2, 0.25) is 0 Å². The van der Waals surface area contributed by atoms with Crippen LogP contribution in [0.1, 0.15) is 15.9 Å². The summed E-state index contributed by atoms with van der Waals surface area (Å²) in [5.41, 5.74) is 0.942. The highest BCUT2D eigenvalue weighted by Gasteiger charge is 2.10. The Labute approximate surface area is 107 Å². The first-order chi connectivity index (χ1) is 8.16. The number of nitrogens with zero attached hydrogens (tertiary/aromatic N) is 1. The van der Waals surface area contributed by atoms with Gasteiger partial charge in [-0.25, -0.2) is 4.39 Å². The first-order valence-corrected chi connectivity index (χ1v) is 5.83. The van der Waals surface area contributed by atoms with E-state index in [2.05, 4.69) is 20.9 Å². The number of benzene rings is 1. The third kappa shape index (κ3) is 2.97. The van der Waals surface area contributed by atoms with Gasteiger partial charge in [-0.15, -0.1) is 0 Å². The van der Waals surface area contributed by atoms with Crippen LogP contribution in [0.15, 0.2) is 47.2 Å². The largest absolute Gasteiger partial charge is 0.294 e. The van der Waals surface area contributed by atoms with Gasteiger partial charge < -0.3 is 0 Å². The number of pyridine rings is 1. The summed E-state index contributed by atoms with van der Waals surface area (Å²) >= 11 is 3.17. The summed E-state index contributed by atoms with van der Waals surface area (Å²) < 4.78 is 14.2. The predicted molar refractivity (Wildman–Crippen MR) is 66.4 cm³/mol. The van der Waals surface area contributed by atoms with E-state index in [1.807, 2.05) is 0 Å². The van der Waals surface area contributed by atoms with Crippen molar-refractivity contribution in [2.75, 3.05) is 0 Å². The van der Waals surface area contributed by atoms with Crippen LogP contribution in [-0.2, 0) is 6.42 Å². The molecule has 0 fully saturated rings. The molecule has 0 aliphatic carbocycles. The fourth-order valence-electron chi connectivity index (χ4n) is 1.48. The minimum absolute atomic E-state index is 0.0587.